The van der Waals surface area contributed by atoms with Gasteiger partial charge in [-0.3, -0.25) is 9.69 Å². The Bertz CT molecular complexity index is 550. The molecule has 8 heteroatoms. The van der Waals surface area contributed by atoms with E-state index in [1.165, 1.54) is 18.6 Å². The number of amides is 1. The number of hydrogen-bond donors (Lipinski definition) is 2. The predicted octanol–water partition coefficient (Wildman–Crippen LogP) is 2.55. The zero-order valence-electron chi connectivity index (χ0n) is 15.5. The first kappa shape index (κ1) is 24.1. The van der Waals surface area contributed by atoms with Crippen molar-refractivity contribution in [2.75, 3.05) is 45.9 Å². The van der Waals surface area contributed by atoms with E-state index >= 15 is 0 Å². The molecule has 2 saturated heterocycles. The standard InChI is InChI=1S/C19H28FN3O2.2ClH/c20-17-4-2-16(3-5-17)18(23-9-11-25-12-10-23)14-22-19(24)6-1-15-7-8-21-13-15;;/h2-5,15,18,21H,1,6-14H2,(H,22,24);2*1H. The van der Waals surface area contributed by atoms with E-state index in [9.17, 15) is 9.18 Å². The van der Waals surface area contributed by atoms with Crippen molar-refractivity contribution in [3.05, 3.63) is 35.6 Å². The predicted molar refractivity (Wildman–Crippen MR) is 109 cm³/mol. The lowest BCUT2D eigenvalue weighted by Crippen LogP contribution is -2.43. The highest BCUT2D eigenvalue weighted by Gasteiger charge is 2.23. The minimum atomic E-state index is -0.237. The Morgan fingerprint density at radius 2 is 1.96 bits per heavy atom. The van der Waals surface area contributed by atoms with Crippen LogP contribution in [0.25, 0.3) is 0 Å². The molecule has 2 N–H and O–H groups in total. The van der Waals surface area contributed by atoms with Gasteiger partial charge in [0.1, 0.15) is 5.82 Å². The maximum Gasteiger partial charge on any atom is 0.220 e. The van der Waals surface area contributed by atoms with E-state index in [2.05, 4.69) is 15.5 Å². The Kier molecular flexibility index (Phi) is 11.2. The third-order valence-electron chi connectivity index (χ3n) is 5.18. The largest absolute Gasteiger partial charge is 0.379 e. The summed E-state index contributed by atoms with van der Waals surface area (Å²) in [6, 6.07) is 6.65. The zero-order valence-corrected chi connectivity index (χ0v) is 17.1. The molecule has 2 heterocycles. The van der Waals surface area contributed by atoms with E-state index in [-0.39, 0.29) is 42.6 Å². The van der Waals surface area contributed by atoms with Crippen LogP contribution in [0.3, 0.4) is 0 Å². The summed E-state index contributed by atoms with van der Waals surface area (Å²) in [6.45, 7) is 5.68. The number of morpholine rings is 1. The first-order valence-electron chi connectivity index (χ1n) is 9.27. The fraction of sp³-hybridized carbons (Fsp3) is 0.632. The molecule has 1 amide bonds. The average molecular weight is 422 g/mol. The van der Waals surface area contributed by atoms with Gasteiger partial charge in [-0.1, -0.05) is 12.1 Å². The van der Waals surface area contributed by atoms with E-state index in [4.69, 9.17) is 4.74 Å². The zero-order chi connectivity index (χ0) is 17.5. The van der Waals surface area contributed by atoms with Crippen LogP contribution in [-0.2, 0) is 9.53 Å². The molecule has 2 atom stereocenters. The van der Waals surface area contributed by atoms with Crippen LogP contribution in [0.15, 0.2) is 24.3 Å². The van der Waals surface area contributed by atoms with Crippen molar-refractivity contribution >= 4 is 30.7 Å². The number of carbonyl (C=O) groups is 1. The highest BCUT2D eigenvalue weighted by Crippen LogP contribution is 2.22. The van der Waals surface area contributed by atoms with Gasteiger partial charge in [-0.15, -0.1) is 24.8 Å². The summed E-state index contributed by atoms with van der Waals surface area (Å²) in [5.74, 6) is 0.490. The molecule has 0 spiro atoms. The number of carbonyl (C=O) groups excluding carboxylic acids is 1. The van der Waals surface area contributed by atoms with Crippen molar-refractivity contribution in [2.24, 2.45) is 5.92 Å². The number of halogens is 3. The number of ether oxygens (including phenoxy) is 1. The van der Waals surface area contributed by atoms with Gasteiger partial charge in [0.25, 0.3) is 0 Å². The third-order valence-corrected chi connectivity index (χ3v) is 5.18. The number of nitrogens with zero attached hydrogens (tertiary/aromatic N) is 1. The van der Waals surface area contributed by atoms with Gasteiger partial charge in [0.05, 0.1) is 19.3 Å². The number of rotatable bonds is 7. The van der Waals surface area contributed by atoms with Gasteiger partial charge in [-0.2, -0.15) is 0 Å². The molecule has 154 valence electrons. The van der Waals surface area contributed by atoms with Gasteiger partial charge in [0.15, 0.2) is 0 Å². The molecule has 2 aliphatic rings. The lowest BCUT2D eigenvalue weighted by molar-refractivity contribution is -0.121. The van der Waals surface area contributed by atoms with Gasteiger partial charge >= 0.3 is 0 Å². The molecule has 0 bridgehead atoms. The highest BCUT2D eigenvalue weighted by molar-refractivity contribution is 5.85. The second-order valence-corrected chi connectivity index (χ2v) is 6.92. The van der Waals surface area contributed by atoms with Gasteiger partial charge < -0.3 is 15.4 Å². The SMILES string of the molecule is Cl.Cl.O=C(CCC1CCNC1)NCC(c1ccc(F)cc1)N1CCOCC1. The average Bonchev–Trinajstić information content (AvgIpc) is 3.16. The first-order valence-corrected chi connectivity index (χ1v) is 9.27. The van der Waals surface area contributed by atoms with Crippen molar-refractivity contribution in [3.8, 4) is 0 Å². The maximum atomic E-state index is 13.2. The van der Waals surface area contributed by atoms with Gasteiger partial charge in [-0.05, 0) is 49.5 Å². The minimum Gasteiger partial charge on any atom is -0.379 e. The molecule has 0 aromatic heterocycles. The Morgan fingerprint density at radius 1 is 1.26 bits per heavy atom. The Hall–Kier alpha value is -0.920. The molecule has 2 aliphatic heterocycles. The van der Waals surface area contributed by atoms with E-state index in [1.54, 1.807) is 0 Å². The lowest BCUT2D eigenvalue weighted by Gasteiger charge is -2.35. The molecule has 0 radical (unpaired) electrons. The first-order chi connectivity index (χ1) is 12.2. The van der Waals surface area contributed by atoms with Crippen LogP contribution < -0.4 is 10.6 Å². The highest BCUT2D eigenvalue weighted by atomic mass is 35.5. The molecule has 1 aromatic rings. The summed E-state index contributed by atoms with van der Waals surface area (Å²) in [4.78, 5) is 14.5. The van der Waals surface area contributed by atoms with Crippen molar-refractivity contribution in [1.82, 2.24) is 15.5 Å². The Labute approximate surface area is 173 Å². The third kappa shape index (κ3) is 7.54. The molecule has 0 saturated carbocycles. The molecular formula is C19H30Cl2FN3O2. The molecule has 5 nitrogen and oxygen atoms in total. The van der Waals surface area contributed by atoms with Gasteiger partial charge in [0.2, 0.25) is 5.91 Å². The summed E-state index contributed by atoms with van der Waals surface area (Å²) in [5, 5.41) is 6.42. The van der Waals surface area contributed by atoms with Crippen LogP contribution >= 0.6 is 24.8 Å². The number of nitrogens with one attached hydrogen (secondary N) is 2. The fourth-order valence-corrected chi connectivity index (χ4v) is 3.63. The van der Waals surface area contributed by atoms with Crippen LogP contribution in [0.1, 0.15) is 30.9 Å². The summed E-state index contributed by atoms with van der Waals surface area (Å²) in [6.07, 6.45) is 2.68. The van der Waals surface area contributed by atoms with E-state index in [0.717, 1.165) is 38.2 Å². The molecule has 1 aromatic carbocycles. The van der Waals surface area contributed by atoms with Gasteiger partial charge in [0, 0.05) is 26.1 Å². The van der Waals surface area contributed by atoms with Crippen molar-refractivity contribution in [1.29, 1.82) is 0 Å². The summed E-state index contributed by atoms with van der Waals surface area (Å²) in [7, 11) is 0. The van der Waals surface area contributed by atoms with E-state index in [1.807, 2.05) is 12.1 Å². The second kappa shape index (κ2) is 12.5. The normalized spacial score (nSPS) is 21.0. The molecule has 3 rings (SSSR count). The summed E-state index contributed by atoms with van der Waals surface area (Å²) >= 11 is 0. The quantitative estimate of drug-likeness (QED) is 0.709. The number of hydrogen-bond acceptors (Lipinski definition) is 4. The topological polar surface area (TPSA) is 53.6 Å². The maximum absolute atomic E-state index is 13.2. The Balaban J connectivity index is 0.00000182. The van der Waals surface area contributed by atoms with Crippen molar-refractivity contribution < 1.29 is 13.9 Å². The fourth-order valence-electron chi connectivity index (χ4n) is 3.63. The van der Waals surface area contributed by atoms with Crippen molar-refractivity contribution in [2.45, 2.75) is 25.3 Å². The van der Waals surface area contributed by atoms with E-state index in [0.29, 0.717) is 32.1 Å². The molecular weight excluding hydrogens is 392 g/mol. The monoisotopic (exact) mass is 421 g/mol. The molecule has 2 unspecified atom stereocenters. The van der Waals surface area contributed by atoms with Gasteiger partial charge in [-0.25, -0.2) is 4.39 Å². The van der Waals surface area contributed by atoms with E-state index < -0.39 is 0 Å². The summed E-state index contributed by atoms with van der Waals surface area (Å²) in [5.41, 5.74) is 1.03. The molecule has 0 aliphatic carbocycles. The molecule has 2 fully saturated rings. The summed E-state index contributed by atoms with van der Waals surface area (Å²) < 4.78 is 18.7. The van der Waals surface area contributed by atoms with Crippen LogP contribution in [-0.4, -0.2) is 56.7 Å². The lowest BCUT2D eigenvalue weighted by atomic mass is 10.0. The Morgan fingerprint density at radius 3 is 2.59 bits per heavy atom. The van der Waals surface area contributed by atoms with Crippen molar-refractivity contribution in [3.63, 3.8) is 0 Å². The number of benzene rings is 1. The second-order valence-electron chi connectivity index (χ2n) is 6.92. The van der Waals surface area contributed by atoms with Crippen LogP contribution in [0, 0.1) is 11.7 Å². The minimum absolute atomic E-state index is 0. The van der Waals surface area contributed by atoms with Crippen LogP contribution in [0.2, 0.25) is 0 Å². The van der Waals surface area contributed by atoms with Crippen LogP contribution in [0.5, 0.6) is 0 Å². The molecule has 27 heavy (non-hydrogen) atoms. The smallest absolute Gasteiger partial charge is 0.220 e. The van der Waals surface area contributed by atoms with Crippen LogP contribution in [0.4, 0.5) is 4.39 Å².